The van der Waals surface area contributed by atoms with Crippen LogP contribution in [0.4, 0.5) is 0 Å². The summed E-state index contributed by atoms with van der Waals surface area (Å²) in [7, 11) is 1.83. The van der Waals surface area contributed by atoms with Crippen LogP contribution in [0.5, 0.6) is 5.75 Å². The van der Waals surface area contributed by atoms with Crippen molar-refractivity contribution in [1.82, 2.24) is 14.8 Å². The number of aromatic nitrogens is 1. The number of nitrogens with one attached hydrogen (secondary N) is 1. The van der Waals surface area contributed by atoms with Crippen LogP contribution in [0.1, 0.15) is 17.3 Å². The molecule has 26 heavy (non-hydrogen) atoms. The van der Waals surface area contributed by atoms with Gasteiger partial charge in [0.25, 0.3) is 5.91 Å². The molecule has 2 aromatic rings. The van der Waals surface area contributed by atoms with Gasteiger partial charge >= 0.3 is 0 Å². The van der Waals surface area contributed by atoms with Crippen LogP contribution < -0.4 is 15.5 Å². The maximum absolute atomic E-state index is 12.8. The maximum Gasteiger partial charge on any atom is 0.256 e. The third kappa shape index (κ3) is 4.05. The molecule has 1 fully saturated rings. The van der Waals surface area contributed by atoms with Crippen molar-refractivity contribution in [1.29, 1.82) is 0 Å². The summed E-state index contributed by atoms with van der Waals surface area (Å²) in [6.07, 6.45) is 1.59. The predicted molar refractivity (Wildman–Crippen MR) is 100.0 cm³/mol. The summed E-state index contributed by atoms with van der Waals surface area (Å²) in [6.45, 7) is 6.84. The van der Waals surface area contributed by atoms with E-state index in [0.29, 0.717) is 24.3 Å². The Kier molecular flexibility index (Phi) is 5.90. The molecule has 1 saturated heterocycles. The SMILES string of the molecule is CCOc1ccc2c(c1)c(=O)c(C(=O)NCCN1CCOCC1)cn2C. The van der Waals surface area contributed by atoms with Gasteiger partial charge in [0.05, 0.1) is 30.7 Å². The molecular formula is C19H25N3O4. The summed E-state index contributed by atoms with van der Waals surface area (Å²) >= 11 is 0. The van der Waals surface area contributed by atoms with Gasteiger partial charge in [-0.3, -0.25) is 14.5 Å². The number of carbonyl (C=O) groups is 1. The third-order valence-corrected chi connectivity index (χ3v) is 4.53. The van der Waals surface area contributed by atoms with Crippen molar-refractivity contribution in [2.75, 3.05) is 46.0 Å². The summed E-state index contributed by atoms with van der Waals surface area (Å²) in [5, 5.41) is 3.34. The molecule has 0 bridgehead atoms. The first-order valence-electron chi connectivity index (χ1n) is 8.94. The molecule has 7 heteroatoms. The van der Waals surface area contributed by atoms with Crippen molar-refractivity contribution < 1.29 is 14.3 Å². The fourth-order valence-corrected chi connectivity index (χ4v) is 3.14. The molecule has 0 unspecified atom stereocenters. The molecular weight excluding hydrogens is 334 g/mol. The van der Waals surface area contributed by atoms with Gasteiger partial charge in [-0.05, 0) is 25.1 Å². The minimum atomic E-state index is -0.345. The Labute approximate surface area is 152 Å². The molecule has 0 spiro atoms. The molecule has 1 N–H and O–H groups in total. The van der Waals surface area contributed by atoms with Crippen molar-refractivity contribution in [2.45, 2.75) is 6.92 Å². The number of fused-ring (bicyclic) bond motifs is 1. The maximum atomic E-state index is 12.8. The highest BCUT2D eigenvalue weighted by atomic mass is 16.5. The van der Waals surface area contributed by atoms with Crippen molar-refractivity contribution >= 4 is 16.8 Å². The van der Waals surface area contributed by atoms with E-state index in [-0.39, 0.29) is 16.9 Å². The highest BCUT2D eigenvalue weighted by Gasteiger charge is 2.16. The van der Waals surface area contributed by atoms with E-state index in [9.17, 15) is 9.59 Å². The second-order valence-corrected chi connectivity index (χ2v) is 6.30. The summed E-state index contributed by atoms with van der Waals surface area (Å²) in [4.78, 5) is 27.5. The van der Waals surface area contributed by atoms with E-state index in [4.69, 9.17) is 9.47 Å². The van der Waals surface area contributed by atoms with Crippen LogP contribution >= 0.6 is 0 Å². The average molecular weight is 359 g/mol. The number of carbonyl (C=O) groups excluding carboxylic acids is 1. The number of hydrogen-bond acceptors (Lipinski definition) is 5. The molecule has 140 valence electrons. The van der Waals surface area contributed by atoms with Crippen LogP contribution in [0.15, 0.2) is 29.2 Å². The lowest BCUT2D eigenvalue weighted by molar-refractivity contribution is 0.0383. The molecule has 0 aliphatic carbocycles. The highest BCUT2D eigenvalue weighted by Crippen LogP contribution is 2.18. The van der Waals surface area contributed by atoms with Crippen LogP contribution in [0.3, 0.4) is 0 Å². The topological polar surface area (TPSA) is 72.8 Å². The zero-order valence-corrected chi connectivity index (χ0v) is 15.3. The fourth-order valence-electron chi connectivity index (χ4n) is 3.14. The van der Waals surface area contributed by atoms with E-state index in [2.05, 4.69) is 10.2 Å². The first-order valence-corrected chi connectivity index (χ1v) is 8.94. The number of benzene rings is 1. The number of amides is 1. The minimum absolute atomic E-state index is 0.149. The van der Waals surface area contributed by atoms with Gasteiger partial charge < -0.3 is 19.4 Å². The molecule has 3 rings (SSSR count). The standard InChI is InChI=1S/C19H25N3O4/c1-3-26-14-4-5-17-15(12-14)18(23)16(13-21(17)2)19(24)20-6-7-22-8-10-25-11-9-22/h4-5,12-13H,3,6-11H2,1-2H3,(H,20,24). The highest BCUT2D eigenvalue weighted by molar-refractivity contribution is 5.97. The van der Waals surface area contributed by atoms with E-state index in [1.54, 1.807) is 16.8 Å². The van der Waals surface area contributed by atoms with Gasteiger partial charge in [0.2, 0.25) is 5.43 Å². The molecule has 1 aromatic carbocycles. The molecule has 0 radical (unpaired) electrons. The van der Waals surface area contributed by atoms with E-state index >= 15 is 0 Å². The average Bonchev–Trinajstić information content (AvgIpc) is 2.65. The Morgan fingerprint density at radius 1 is 1.31 bits per heavy atom. The number of ether oxygens (including phenoxy) is 2. The Bertz CT molecular complexity index is 841. The number of morpholine rings is 1. The van der Waals surface area contributed by atoms with Crippen molar-refractivity contribution in [3.8, 4) is 5.75 Å². The molecule has 1 aromatic heterocycles. The minimum Gasteiger partial charge on any atom is -0.494 e. The van der Waals surface area contributed by atoms with E-state index in [1.807, 2.05) is 26.1 Å². The molecule has 1 aliphatic heterocycles. The Hall–Kier alpha value is -2.38. The Morgan fingerprint density at radius 2 is 2.08 bits per heavy atom. The second-order valence-electron chi connectivity index (χ2n) is 6.30. The number of rotatable bonds is 6. The summed E-state index contributed by atoms with van der Waals surface area (Å²) < 4.78 is 12.6. The Morgan fingerprint density at radius 3 is 2.81 bits per heavy atom. The summed E-state index contributed by atoms with van der Waals surface area (Å²) in [5.74, 6) is 0.282. The van der Waals surface area contributed by atoms with Crippen LogP contribution in [0.2, 0.25) is 0 Å². The first kappa shape index (κ1) is 18.4. The number of hydrogen-bond donors (Lipinski definition) is 1. The van der Waals surface area contributed by atoms with Crippen LogP contribution in [0.25, 0.3) is 10.9 Å². The fraction of sp³-hybridized carbons (Fsp3) is 0.474. The smallest absolute Gasteiger partial charge is 0.256 e. The van der Waals surface area contributed by atoms with Crippen LogP contribution in [-0.4, -0.2) is 61.4 Å². The molecule has 0 saturated carbocycles. The first-order chi connectivity index (χ1) is 12.6. The lowest BCUT2D eigenvalue weighted by Crippen LogP contribution is -2.42. The summed E-state index contributed by atoms with van der Waals surface area (Å²) in [5.41, 5.74) is 0.641. The monoisotopic (exact) mass is 359 g/mol. The lowest BCUT2D eigenvalue weighted by atomic mass is 10.1. The zero-order chi connectivity index (χ0) is 18.5. The zero-order valence-electron chi connectivity index (χ0n) is 15.3. The predicted octanol–water partition coefficient (Wildman–Crippen LogP) is 0.999. The molecule has 1 aliphatic rings. The van der Waals surface area contributed by atoms with Gasteiger partial charge in [-0.15, -0.1) is 0 Å². The number of aryl methyl sites for hydroxylation is 1. The Balaban J connectivity index is 1.76. The number of pyridine rings is 1. The van der Waals surface area contributed by atoms with Gasteiger partial charge in [-0.1, -0.05) is 0 Å². The second kappa shape index (κ2) is 8.33. The molecule has 1 amide bonds. The van der Waals surface area contributed by atoms with Gasteiger partial charge in [0, 0.05) is 39.4 Å². The third-order valence-electron chi connectivity index (χ3n) is 4.53. The van der Waals surface area contributed by atoms with Crippen molar-refractivity contribution in [2.24, 2.45) is 7.05 Å². The van der Waals surface area contributed by atoms with Gasteiger partial charge in [-0.25, -0.2) is 0 Å². The largest absolute Gasteiger partial charge is 0.494 e. The quantitative estimate of drug-likeness (QED) is 0.833. The molecule has 7 nitrogen and oxygen atoms in total. The van der Waals surface area contributed by atoms with Crippen LogP contribution in [-0.2, 0) is 11.8 Å². The van der Waals surface area contributed by atoms with Gasteiger partial charge in [-0.2, -0.15) is 0 Å². The van der Waals surface area contributed by atoms with Gasteiger partial charge in [0.1, 0.15) is 11.3 Å². The van der Waals surface area contributed by atoms with Gasteiger partial charge in [0.15, 0.2) is 0 Å². The molecule has 2 heterocycles. The van der Waals surface area contributed by atoms with Crippen molar-refractivity contribution in [3.05, 3.63) is 40.2 Å². The summed E-state index contributed by atoms with van der Waals surface area (Å²) in [6, 6.07) is 5.36. The number of nitrogens with zero attached hydrogens (tertiary/aromatic N) is 2. The normalized spacial score (nSPS) is 15.2. The van der Waals surface area contributed by atoms with Crippen LogP contribution in [0, 0.1) is 0 Å². The van der Waals surface area contributed by atoms with Crippen molar-refractivity contribution in [3.63, 3.8) is 0 Å². The van der Waals surface area contributed by atoms with E-state index < -0.39 is 0 Å². The van der Waals surface area contributed by atoms with E-state index in [1.165, 1.54) is 0 Å². The van der Waals surface area contributed by atoms with E-state index in [0.717, 1.165) is 38.4 Å². The molecule has 0 atom stereocenters. The lowest BCUT2D eigenvalue weighted by Gasteiger charge is -2.26.